The van der Waals surface area contributed by atoms with Gasteiger partial charge in [-0.3, -0.25) is 4.90 Å². The summed E-state index contributed by atoms with van der Waals surface area (Å²) < 4.78 is 0. The Labute approximate surface area is 192 Å². The lowest BCUT2D eigenvalue weighted by Crippen LogP contribution is -2.49. The zero-order chi connectivity index (χ0) is 21.1. The zero-order valence-corrected chi connectivity index (χ0v) is 18.9. The molecule has 30 heavy (non-hydrogen) atoms. The molecule has 156 valence electrons. The molecule has 2 heterocycles. The van der Waals surface area contributed by atoms with Gasteiger partial charge in [-0.25, -0.2) is 9.97 Å². The molecule has 0 bridgehead atoms. The molecule has 4 rings (SSSR count). The number of hydrogen-bond acceptors (Lipinski definition) is 4. The van der Waals surface area contributed by atoms with Crippen molar-refractivity contribution in [2.24, 2.45) is 0 Å². The van der Waals surface area contributed by atoms with Gasteiger partial charge in [0.2, 0.25) is 0 Å². The van der Waals surface area contributed by atoms with Crippen LogP contribution in [0.2, 0.25) is 15.1 Å². The molecule has 2 atom stereocenters. The minimum absolute atomic E-state index is 0.151. The van der Waals surface area contributed by atoms with Crippen molar-refractivity contribution in [1.29, 1.82) is 0 Å². The van der Waals surface area contributed by atoms with Gasteiger partial charge in [0, 0.05) is 54.5 Å². The number of hydrogen-bond donors (Lipinski definition) is 0. The third-order valence-corrected chi connectivity index (χ3v) is 6.29. The molecule has 3 aromatic rings. The predicted molar refractivity (Wildman–Crippen MR) is 125 cm³/mol. The SMILES string of the molecule is CC(CN1CCN(c2ccc(Cl)cc2Cl)C(c2ccc(Cl)cc2)C1)c1ncccn1. The number of anilines is 1. The maximum atomic E-state index is 6.56. The first kappa shape index (κ1) is 21.4. The van der Waals surface area contributed by atoms with Gasteiger partial charge >= 0.3 is 0 Å². The number of halogens is 3. The van der Waals surface area contributed by atoms with E-state index in [1.165, 1.54) is 5.56 Å². The molecule has 2 aromatic carbocycles. The molecule has 0 amide bonds. The summed E-state index contributed by atoms with van der Waals surface area (Å²) in [6.45, 7) is 5.74. The molecular formula is C23H23Cl3N4. The fourth-order valence-electron chi connectivity index (χ4n) is 4.01. The lowest BCUT2D eigenvalue weighted by molar-refractivity contribution is 0.212. The average Bonchev–Trinajstić information content (AvgIpc) is 2.75. The van der Waals surface area contributed by atoms with Gasteiger partial charge in [-0.2, -0.15) is 0 Å². The summed E-state index contributed by atoms with van der Waals surface area (Å²) >= 11 is 18.8. The van der Waals surface area contributed by atoms with E-state index in [2.05, 4.69) is 38.8 Å². The minimum Gasteiger partial charge on any atom is -0.361 e. The van der Waals surface area contributed by atoms with Gasteiger partial charge in [-0.1, -0.05) is 53.9 Å². The van der Waals surface area contributed by atoms with Crippen molar-refractivity contribution < 1.29 is 0 Å². The summed E-state index contributed by atoms with van der Waals surface area (Å²) in [6.07, 6.45) is 3.60. The summed E-state index contributed by atoms with van der Waals surface area (Å²) in [5.74, 6) is 1.13. The molecular weight excluding hydrogens is 439 g/mol. The Kier molecular flexibility index (Phi) is 6.79. The van der Waals surface area contributed by atoms with Gasteiger partial charge in [-0.15, -0.1) is 0 Å². The van der Waals surface area contributed by atoms with Crippen LogP contribution in [0.3, 0.4) is 0 Å². The van der Waals surface area contributed by atoms with Gasteiger partial charge in [0.25, 0.3) is 0 Å². The minimum atomic E-state index is 0.151. The van der Waals surface area contributed by atoms with Crippen LogP contribution >= 0.6 is 34.8 Å². The Bertz CT molecular complexity index is 981. The highest BCUT2D eigenvalue weighted by Gasteiger charge is 2.30. The van der Waals surface area contributed by atoms with E-state index in [1.54, 1.807) is 18.5 Å². The Hall–Kier alpha value is -1.85. The summed E-state index contributed by atoms with van der Waals surface area (Å²) in [5.41, 5.74) is 2.21. The van der Waals surface area contributed by atoms with Crippen LogP contribution in [-0.4, -0.2) is 41.0 Å². The van der Waals surface area contributed by atoms with Crippen LogP contribution in [0, 0.1) is 0 Å². The van der Waals surface area contributed by atoms with Crippen molar-refractivity contribution in [2.75, 3.05) is 31.1 Å². The average molecular weight is 462 g/mol. The molecule has 4 nitrogen and oxygen atoms in total. The number of rotatable bonds is 5. The summed E-state index contributed by atoms with van der Waals surface area (Å²) in [5, 5.41) is 2.04. The van der Waals surface area contributed by atoms with E-state index in [4.69, 9.17) is 34.8 Å². The third-order valence-electron chi connectivity index (χ3n) is 5.50. The Morgan fingerprint density at radius 2 is 1.67 bits per heavy atom. The molecule has 1 fully saturated rings. The van der Waals surface area contributed by atoms with Gasteiger partial charge in [-0.05, 0) is 42.0 Å². The first-order valence-corrected chi connectivity index (χ1v) is 11.1. The number of piperazine rings is 1. The summed E-state index contributed by atoms with van der Waals surface area (Å²) in [4.78, 5) is 13.7. The van der Waals surface area contributed by atoms with E-state index in [0.717, 1.165) is 42.7 Å². The monoisotopic (exact) mass is 460 g/mol. The standard InChI is InChI=1S/C23H23Cl3N4/c1-16(23-27-9-2-10-28-23)14-29-11-12-30(21-8-7-19(25)13-20(21)26)22(15-29)17-3-5-18(24)6-4-17/h2-10,13,16,22H,11-12,14-15H2,1H3. The van der Waals surface area contributed by atoms with E-state index >= 15 is 0 Å². The fraction of sp³-hybridized carbons (Fsp3) is 0.304. The quantitative estimate of drug-likeness (QED) is 0.459. The van der Waals surface area contributed by atoms with Crippen LogP contribution in [0.25, 0.3) is 0 Å². The molecule has 7 heteroatoms. The fourth-order valence-corrected chi connectivity index (χ4v) is 4.66. The molecule has 0 radical (unpaired) electrons. The Morgan fingerprint density at radius 3 is 2.37 bits per heavy atom. The number of nitrogens with zero attached hydrogens (tertiary/aromatic N) is 4. The summed E-state index contributed by atoms with van der Waals surface area (Å²) in [6, 6.07) is 15.8. The first-order chi connectivity index (χ1) is 14.5. The zero-order valence-electron chi connectivity index (χ0n) is 16.7. The van der Waals surface area contributed by atoms with Crippen LogP contribution in [0.5, 0.6) is 0 Å². The van der Waals surface area contributed by atoms with Gasteiger partial charge in [0.05, 0.1) is 16.8 Å². The molecule has 1 aliphatic heterocycles. The largest absolute Gasteiger partial charge is 0.361 e. The van der Waals surface area contributed by atoms with E-state index in [0.29, 0.717) is 10.0 Å². The highest BCUT2D eigenvalue weighted by atomic mass is 35.5. The van der Waals surface area contributed by atoms with Crippen molar-refractivity contribution in [1.82, 2.24) is 14.9 Å². The molecule has 1 saturated heterocycles. The maximum absolute atomic E-state index is 6.56. The Morgan fingerprint density at radius 1 is 0.967 bits per heavy atom. The first-order valence-electron chi connectivity index (χ1n) is 9.97. The molecule has 1 aromatic heterocycles. The van der Waals surface area contributed by atoms with Crippen molar-refractivity contribution in [3.05, 3.63) is 87.4 Å². The van der Waals surface area contributed by atoms with Gasteiger partial charge in [0.15, 0.2) is 0 Å². The second kappa shape index (κ2) is 9.52. The number of aromatic nitrogens is 2. The lowest BCUT2D eigenvalue weighted by atomic mass is 10.00. The smallest absolute Gasteiger partial charge is 0.132 e. The van der Waals surface area contributed by atoms with Crippen LogP contribution in [0.15, 0.2) is 60.9 Å². The van der Waals surface area contributed by atoms with Gasteiger partial charge in [0.1, 0.15) is 5.82 Å². The van der Waals surface area contributed by atoms with Crippen molar-refractivity contribution >= 4 is 40.5 Å². The van der Waals surface area contributed by atoms with Crippen LogP contribution in [0.1, 0.15) is 30.3 Å². The van der Waals surface area contributed by atoms with Crippen molar-refractivity contribution in [2.45, 2.75) is 18.9 Å². The van der Waals surface area contributed by atoms with Crippen LogP contribution < -0.4 is 4.90 Å². The molecule has 0 saturated carbocycles. The van der Waals surface area contributed by atoms with Crippen molar-refractivity contribution in [3.63, 3.8) is 0 Å². The second-order valence-corrected chi connectivity index (χ2v) is 8.90. The molecule has 0 N–H and O–H groups in total. The summed E-state index contributed by atoms with van der Waals surface area (Å²) in [7, 11) is 0. The van der Waals surface area contributed by atoms with E-state index in [1.807, 2.05) is 30.3 Å². The molecule has 0 aliphatic carbocycles. The number of benzene rings is 2. The molecule has 0 spiro atoms. The topological polar surface area (TPSA) is 32.3 Å². The molecule has 2 unspecified atom stereocenters. The normalized spacial score (nSPS) is 18.4. The van der Waals surface area contributed by atoms with Crippen LogP contribution in [0.4, 0.5) is 5.69 Å². The second-order valence-electron chi connectivity index (χ2n) is 7.62. The lowest BCUT2D eigenvalue weighted by Gasteiger charge is -2.44. The van der Waals surface area contributed by atoms with E-state index in [9.17, 15) is 0 Å². The highest BCUT2D eigenvalue weighted by Crippen LogP contribution is 2.37. The Balaban J connectivity index is 1.59. The predicted octanol–water partition coefficient (Wildman–Crippen LogP) is 6.10. The van der Waals surface area contributed by atoms with E-state index in [-0.39, 0.29) is 12.0 Å². The van der Waals surface area contributed by atoms with Crippen LogP contribution in [-0.2, 0) is 0 Å². The third kappa shape index (κ3) is 4.89. The molecule has 1 aliphatic rings. The maximum Gasteiger partial charge on any atom is 0.132 e. The van der Waals surface area contributed by atoms with Gasteiger partial charge < -0.3 is 4.90 Å². The van der Waals surface area contributed by atoms with Crippen molar-refractivity contribution in [3.8, 4) is 0 Å². The van der Waals surface area contributed by atoms with E-state index < -0.39 is 0 Å². The highest BCUT2D eigenvalue weighted by molar-refractivity contribution is 6.36.